The number of benzene rings is 1. The van der Waals surface area contributed by atoms with E-state index >= 15 is 0 Å². The topological polar surface area (TPSA) is 78.3 Å². The first-order valence-corrected chi connectivity index (χ1v) is 6.74. The van der Waals surface area contributed by atoms with E-state index < -0.39 is 6.10 Å². The van der Waals surface area contributed by atoms with Crippen LogP contribution in [0.25, 0.3) is 11.3 Å². The molecular formula is C15H17N3O2. The molecule has 104 valence electrons. The summed E-state index contributed by atoms with van der Waals surface area (Å²) in [6.45, 7) is 0.0186. The average molecular weight is 271 g/mol. The van der Waals surface area contributed by atoms with Crippen molar-refractivity contribution >= 4 is 5.82 Å². The van der Waals surface area contributed by atoms with Crippen LogP contribution in [0.15, 0.2) is 30.6 Å². The number of aliphatic hydroxyl groups excluding tert-OH is 2. The van der Waals surface area contributed by atoms with Crippen molar-refractivity contribution in [3.05, 3.63) is 41.7 Å². The molecule has 0 bridgehead atoms. The number of aromatic nitrogens is 2. The molecule has 1 aromatic carbocycles. The van der Waals surface area contributed by atoms with E-state index in [0.717, 1.165) is 35.5 Å². The van der Waals surface area contributed by atoms with Crippen LogP contribution in [-0.4, -0.2) is 39.4 Å². The molecule has 0 amide bonds. The van der Waals surface area contributed by atoms with Gasteiger partial charge >= 0.3 is 0 Å². The third-order valence-corrected chi connectivity index (χ3v) is 3.58. The second-order valence-electron chi connectivity index (χ2n) is 4.92. The minimum Gasteiger partial charge on any atom is -0.394 e. The molecule has 3 N–H and O–H groups in total. The van der Waals surface area contributed by atoms with Gasteiger partial charge in [0.25, 0.3) is 0 Å². The normalized spacial score (nSPS) is 14.3. The smallest absolute Gasteiger partial charge is 0.133 e. The summed E-state index contributed by atoms with van der Waals surface area (Å²) < 4.78 is 0. The van der Waals surface area contributed by atoms with E-state index in [0.29, 0.717) is 0 Å². The van der Waals surface area contributed by atoms with E-state index in [1.807, 2.05) is 12.1 Å². The lowest BCUT2D eigenvalue weighted by Gasteiger charge is -2.21. The molecule has 1 unspecified atom stereocenters. The summed E-state index contributed by atoms with van der Waals surface area (Å²) in [7, 11) is 0. The van der Waals surface area contributed by atoms with Crippen LogP contribution in [0.1, 0.15) is 11.1 Å². The summed E-state index contributed by atoms with van der Waals surface area (Å²) in [5, 5.41) is 21.4. The number of aryl methyl sites for hydroxylation is 1. The van der Waals surface area contributed by atoms with Crippen LogP contribution in [0.2, 0.25) is 0 Å². The number of hydrogen-bond acceptors (Lipinski definition) is 5. The third-order valence-electron chi connectivity index (χ3n) is 3.58. The predicted octanol–water partition coefficient (Wildman–Crippen LogP) is 1.01. The number of fused-ring (bicyclic) bond motifs is 3. The van der Waals surface area contributed by atoms with Crippen molar-refractivity contribution in [3.63, 3.8) is 0 Å². The summed E-state index contributed by atoms with van der Waals surface area (Å²) in [5.41, 5.74) is 4.50. The number of aliphatic hydroxyl groups is 2. The molecule has 1 atom stereocenters. The second kappa shape index (κ2) is 5.56. The molecule has 1 heterocycles. The van der Waals surface area contributed by atoms with E-state index in [-0.39, 0.29) is 13.2 Å². The van der Waals surface area contributed by atoms with Crippen molar-refractivity contribution in [2.45, 2.75) is 18.9 Å². The molecule has 3 rings (SSSR count). The average Bonchev–Trinajstić information content (AvgIpc) is 2.52. The SMILES string of the molecule is OCC(O)CNc1ncnc2c1CCc1ccccc1-2. The summed E-state index contributed by atoms with van der Waals surface area (Å²) in [6.07, 6.45) is 2.60. The van der Waals surface area contributed by atoms with E-state index in [1.54, 1.807) is 0 Å². The molecule has 0 spiro atoms. The Bertz CT molecular complexity index is 616. The molecule has 0 aliphatic heterocycles. The maximum Gasteiger partial charge on any atom is 0.133 e. The molecule has 1 aliphatic rings. The Balaban J connectivity index is 1.93. The fourth-order valence-corrected chi connectivity index (χ4v) is 2.54. The Labute approximate surface area is 117 Å². The zero-order valence-electron chi connectivity index (χ0n) is 11.1. The van der Waals surface area contributed by atoms with Crippen molar-refractivity contribution < 1.29 is 10.2 Å². The Kier molecular flexibility index (Phi) is 3.62. The highest BCUT2D eigenvalue weighted by atomic mass is 16.3. The molecule has 1 aromatic heterocycles. The van der Waals surface area contributed by atoms with Gasteiger partial charge in [-0.05, 0) is 18.4 Å². The number of hydrogen-bond donors (Lipinski definition) is 3. The summed E-state index contributed by atoms with van der Waals surface area (Å²) in [5.74, 6) is 0.747. The van der Waals surface area contributed by atoms with Gasteiger partial charge in [0, 0.05) is 17.7 Å². The van der Waals surface area contributed by atoms with Crippen LogP contribution in [0, 0.1) is 0 Å². The quantitative estimate of drug-likeness (QED) is 0.773. The highest BCUT2D eigenvalue weighted by Gasteiger charge is 2.20. The monoisotopic (exact) mass is 271 g/mol. The van der Waals surface area contributed by atoms with E-state index in [4.69, 9.17) is 5.11 Å². The number of anilines is 1. The van der Waals surface area contributed by atoms with Gasteiger partial charge in [0.1, 0.15) is 12.1 Å². The zero-order valence-corrected chi connectivity index (χ0v) is 11.1. The lowest BCUT2D eigenvalue weighted by Crippen LogP contribution is -2.24. The number of rotatable bonds is 4. The van der Waals surface area contributed by atoms with Crippen LogP contribution < -0.4 is 5.32 Å². The van der Waals surface area contributed by atoms with Gasteiger partial charge in [-0.15, -0.1) is 0 Å². The first-order valence-electron chi connectivity index (χ1n) is 6.74. The lowest BCUT2D eigenvalue weighted by molar-refractivity contribution is 0.105. The van der Waals surface area contributed by atoms with Crippen LogP contribution in [-0.2, 0) is 12.8 Å². The third kappa shape index (κ3) is 2.37. The van der Waals surface area contributed by atoms with Gasteiger partial charge < -0.3 is 15.5 Å². The Morgan fingerprint density at radius 3 is 2.90 bits per heavy atom. The van der Waals surface area contributed by atoms with Gasteiger partial charge in [-0.2, -0.15) is 0 Å². The second-order valence-corrected chi connectivity index (χ2v) is 4.92. The van der Waals surface area contributed by atoms with Gasteiger partial charge in [0.2, 0.25) is 0 Å². The largest absolute Gasteiger partial charge is 0.394 e. The van der Waals surface area contributed by atoms with Crippen LogP contribution in [0.3, 0.4) is 0 Å². The molecule has 20 heavy (non-hydrogen) atoms. The van der Waals surface area contributed by atoms with Gasteiger partial charge in [0.05, 0.1) is 18.4 Å². The maximum atomic E-state index is 9.43. The highest BCUT2D eigenvalue weighted by molar-refractivity contribution is 5.73. The van der Waals surface area contributed by atoms with Crippen molar-refractivity contribution in [1.29, 1.82) is 0 Å². The molecular weight excluding hydrogens is 254 g/mol. The molecule has 0 saturated carbocycles. The first kappa shape index (κ1) is 13.0. The van der Waals surface area contributed by atoms with Crippen LogP contribution in [0.4, 0.5) is 5.82 Å². The minimum atomic E-state index is -0.781. The van der Waals surface area contributed by atoms with Crippen molar-refractivity contribution in [2.24, 2.45) is 0 Å². The van der Waals surface area contributed by atoms with Gasteiger partial charge in [0.15, 0.2) is 0 Å². The molecule has 1 aliphatic carbocycles. The summed E-state index contributed by atoms with van der Waals surface area (Å²) in [6, 6.07) is 8.26. The molecule has 2 aromatic rings. The molecule has 5 nitrogen and oxygen atoms in total. The molecule has 0 fully saturated rings. The van der Waals surface area contributed by atoms with Gasteiger partial charge in [-0.25, -0.2) is 9.97 Å². The van der Waals surface area contributed by atoms with E-state index in [1.165, 1.54) is 11.9 Å². The molecule has 0 saturated heterocycles. The predicted molar refractivity (Wildman–Crippen MR) is 76.5 cm³/mol. The Hall–Kier alpha value is -1.98. The Morgan fingerprint density at radius 1 is 1.20 bits per heavy atom. The Morgan fingerprint density at radius 2 is 2.05 bits per heavy atom. The van der Waals surface area contributed by atoms with Gasteiger partial charge in [-0.3, -0.25) is 0 Å². The lowest BCUT2D eigenvalue weighted by atomic mass is 9.89. The fraction of sp³-hybridized carbons (Fsp3) is 0.333. The van der Waals surface area contributed by atoms with Gasteiger partial charge in [-0.1, -0.05) is 24.3 Å². The summed E-state index contributed by atoms with van der Waals surface area (Å²) >= 11 is 0. The minimum absolute atomic E-state index is 0.261. The molecule has 0 radical (unpaired) electrons. The highest BCUT2D eigenvalue weighted by Crippen LogP contribution is 2.34. The molecule has 5 heteroatoms. The first-order chi connectivity index (χ1) is 9.79. The van der Waals surface area contributed by atoms with Crippen LogP contribution in [0.5, 0.6) is 0 Å². The van der Waals surface area contributed by atoms with Crippen molar-refractivity contribution in [3.8, 4) is 11.3 Å². The van der Waals surface area contributed by atoms with Crippen molar-refractivity contribution in [2.75, 3.05) is 18.5 Å². The fourth-order valence-electron chi connectivity index (χ4n) is 2.54. The zero-order chi connectivity index (χ0) is 13.9. The van der Waals surface area contributed by atoms with E-state index in [2.05, 4.69) is 27.4 Å². The number of nitrogens with zero attached hydrogens (tertiary/aromatic N) is 2. The van der Waals surface area contributed by atoms with Crippen LogP contribution >= 0.6 is 0 Å². The standard InChI is InChI=1S/C15H17N3O2/c19-8-11(20)7-16-15-13-6-5-10-3-1-2-4-12(10)14(13)17-9-18-15/h1-4,9,11,19-20H,5-8H2,(H,16,17,18). The summed E-state index contributed by atoms with van der Waals surface area (Å²) in [4.78, 5) is 8.66. The number of nitrogens with one attached hydrogen (secondary N) is 1. The van der Waals surface area contributed by atoms with E-state index in [9.17, 15) is 5.11 Å². The maximum absolute atomic E-state index is 9.43. The van der Waals surface area contributed by atoms with Crippen molar-refractivity contribution in [1.82, 2.24) is 9.97 Å².